The number of ether oxygens (including phenoxy) is 1. The Morgan fingerprint density at radius 1 is 1.54 bits per heavy atom. The summed E-state index contributed by atoms with van der Waals surface area (Å²) in [5.41, 5.74) is 1.02. The molecule has 1 aliphatic carbocycles. The van der Waals surface area contributed by atoms with Gasteiger partial charge in [-0.1, -0.05) is 24.0 Å². The number of rotatable bonds is 5. The fourth-order valence-corrected chi connectivity index (χ4v) is 3.53. The van der Waals surface area contributed by atoms with Crippen molar-refractivity contribution in [3.05, 3.63) is 40.1 Å². The van der Waals surface area contributed by atoms with Crippen molar-refractivity contribution in [3.8, 4) is 6.07 Å². The van der Waals surface area contributed by atoms with E-state index in [1.54, 1.807) is 7.05 Å². The second kappa shape index (κ2) is 7.76. The minimum Gasteiger partial charge on any atom is -0.498 e. The molecule has 0 atom stereocenters. The van der Waals surface area contributed by atoms with Crippen LogP contribution in [0.2, 0.25) is 0 Å². The third-order valence-electron chi connectivity index (χ3n) is 3.71. The predicted octanol–water partition coefficient (Wildman–Crippen LogP) is 3.39. The average molecular weight is 388 g/mol. The van der Waals surface area contributed by atoms with Crippen molar-refractivity contribution in [1.29, 1.82) is 5.26 Å². The van der Waals surface area contributed by atoms with Crippen LogP contribution >= 0.6 is 24.0 Å². The Bertz CT molecular complexity index is 892. The molecule has 2 aliphatic rings. The van der Waals surface area contributed by atoms with Gasteiger partial charge in [0.1, 0.15) is 10.4 Å². The summed E-state index contributed by atoms with van der Waals surface area (Å²) < 4.78 is 11.6. The number of oxazole rings is 1. The number of thiocarbonyl (C=S) groups is 1. The van der Waals surface area contributed by atoms with Crippen LogP contribution in [0.5, 0.6) is 0 Å². The zero-order valence-corrected chi connectivity index (χ0v) is 15.9. The molecule has 7 nitrogen and oxygen atoms in total. The number of likely N-dealkylation sites (N-methyl/N-ethyl adjacent to an activating group) is 1. The monoisotopic (exact) mass is 388 g/mol. The van der Waals surface area contributed by atoms with Gasteiger partial charge in [0.15, 0.2) is 0 Å². The highest BCUT2D eigenvalue weighted by Crippen LogP contribution is 2.32. The molecule has 0 radical (unpaired) electrons. The highest BCUT2D eigenvalue weighted by atomic mass is 32.2. The van der Waals surface area contributed by atoms with E-state index in [-0.39, 0.29) is 23.4 Å². The Morgan fingerprint density at radius 3 is 2.92 bits per heavy atom. The molecule has 1 aromatic heterocycles. The normalized spacial score (nSPS) is 18.7. The Labute approximate surface area is 160 Å². The Kier molecular flexibility index (Phi) is 5.44. The first kappa shape index (κ1) is 18.2. The largest absolute Gasteiger partial charge is 0.498 e. The number of nitriles is 1. The summed E-state index contributed by atoms with van der Waals surface area (Å²) in [4.78, 5) is 18.0. The Morgan fingerprint density at radius 2 is 2.35 bits per heavy atom. The second-order valence-electron chi connectivity index (χ2n) is 5.47. The van der Waals surface area contributed by atoms with E-state index in [1.165, 1.54) is 22.7 Å². The van der Waals surface area contributed by atoms with Gasteiger partial charge in [-0.05, 0) is 25.5 Å². The minimum absolute atomic E-state index is 0.128. The summed E-state index contributed by atoms with van der Waals surface area (Å²) in [5.74, 6) is 1.15. The first-order valence-corrected chi connectivity index (χ1v) is 9.16. The molecule has 1 aliphatic heterocycles. The highest BCUT2D eigenvalue weighted by molar-refractivity contribution is 8.26. The number of hydrogen-bond acceptors (Lipinski definition) is 8. The molecule has 9 heteroatoms. The van der Waals surface area contributed by atoms with Gasteiger partial charge in [0, 0.05) is 25.2 Å². The van der Waals surface area contributed by atoms with Gasteiger partial charge in [-0.15, -0.1) is 0 Å². The number of anilines is 1. The van der Waals surface area contributed by atoms with Crippen molar-refractivity contribution < 1.29 is 13.9 Å². The van der Waals surface area contributed by atoms with Crippen molar-refractivity contribution in [2.24, 2.45) is 0 Å². The predicted molar refractivity (Wildman–Crippen MR) is 103 cm³/mol. The third-order valence-corrected chi connectivity index (χ3v) is 5.19. The molecule has 0 unspecified atom stereocenters. The lowest BCUT2D eigenvalue weighted by Crippen LogP contribution is -2.22. The van der Waals surface area contributed by atoms with Crippen molar-refractivity contribution in [2.75, 3.05) is 19.0 Å². The number of allylic oxidation sites excluding steroid dienone is 4. The van der Waals surface area contributed by atoms with Crippen LogP contribution in [0.1, 0.15) is 31.4 Å². The van der Waals surface area contributed by atoms with Crippen molar-refractivity contribution in [1.82, 2.24) is 9.88 Å². The SMILES string of the molecule is CCOC1=CC=C(Nc2oc(/C=C3/SC(=S)N(C)C3=O)nc2C#N)CC1. The van der Waals surface area contributed by atoms with E-state index >= 15 is 0 Å². The van der Waals surface area contributed by atoms with E-state index in [4.69, 9.17) is 21.4 Å². The molecule has 3 rings (SSSR count). The topological polar surface area (TPSA) is 91.4 Å². The van der Waals surface area contributed by atoms with Crippen LogP contribution < -0.4 is 5.32 Å². The van der Waals surface area contributed by atoms with Gasteiger partial charge in [0.05, 0.1) is 17.3 Å². The Balaban J connectivity index is 1.79. The maximum atomic E-state index is 12.1. The zero-order valence-electron chi connectivity index (χ0n) is 14.2. The summed E-state index contributed by atoms with van der Waals surface area (Å²) in [6, 6.07) is 2.00. The summed E-state index contributed by atoms with van der Waals surface area (Å²) in [6.45, 7) is 2.58. The van der Waals surface area contributed by atoms with Gasteiger partial charge in [0.2, 0.25) is 17.5 Å². The molecule has 2 heterocycles. The molecule has 1 fully saturated rings. The van der Waals surface area contributed by atoms with Crippen LogP contribution in [-0.2, 0) is 9.53 Å². The number of carbonyl (C=O) groups excluding carboxylic acids is 1. The van der Waals surface area contributed by atoms with Crippen molar-refractivity contribution in [2.45, 2.75) is 19.8 Å². The number of hydrogen-bond donors (Lipinski definition) is 1. The maximum Gasteiger partial charge on any atom is 0.266 e. The van der Waals surface area contributed by atoms with Crippen molar-refractivity contribution in [3.63, 3.8) is 0 Å². The molecule has 134 valence electrons. The van der Waals surface area contributed by atoms with Gasteiger partial charge in [-0.25, -0.2) is 0 Å². The fraction of sp³-hybridized carbons (Fsp3) is 0.294. The first-order chi connectivity index (χ1) is 12.5. The fourth-order valence-electron chi connectivity index (χ4n) is 2.39. The van der Waals surface area contributed by atoms with E-state index in [2.05, 4.69) is 10.3 Å². The van der Waals surface area contributed by atoms with Crippen LogP contribution in [-0.4, -0.2) is 33.8 Å². The molecule has 0 bridgehead atoms. The first-order valence-electron chi connectivity index (χ1n) is 7.94. The van der Waals surface area contributed by atoms with Gasteiger partial charge in [0.25, 0.3) is 5.91 Å². The molecule has 26 heavy (non-hydrogen) atoms. The molecule has 1 aromatic rings. The van der Waals surface area contributed by atoms with Gasteiger partial charge in [-0.2, -0.15) is 10.2 Å². The Hall–Kier alpha value is -2.57. The van der Waals surface area contributed by atoms with E-state index in [0.717, 1.165) is 24.3 Å². The van der Waals surface area contributed by atoms with Crippen LogP contribution in [0.15, 0.2) is 32.9 Å². The van der Waals surface area contributed by atoms with Crippen LogP contribution in [0.25, 0.3) is 6.08 Å². The van der Waals surface area contributed by atoms with Crippen LogP contribution in [0, 0.1) is 11.3 Å². The molecular formula is C17H16N4O3S2. The maximum absolute atomic E-state index is 12.1. The molecule has 1 N–H and O–H groups in total. The van der Waals surface area contributed by atoms with E-state index < -0.39 is 0 Å². The van der Waals surface area contributed by atoms with Crippen LogP contribution in [0.4, 0.5) is 5.88 Å². The number of nitrogens with one attached hydrogen (secondary N) is 1. The smallest absolute Gasteiger partial charge is 0.266 e. The second-order valence-corrected chi connectivity index (χ2v) is 7.14. The lowest BCUT2D eigenvalue weighted by atomic mass is 10.1. The number of thioether (sulfide) groups is 1. The third kappa shape index (κ3) is 3.81. The van der Waals surface area contributed by atoms with Gasteiger partial charge in [-0.3, -0.25) is 9.69 Å². The number of carbonyl (C=O) groups is 1. The molecule has 1 saturated heterocycles. The molecule has 0 spiro atoms. The lowest BCUT2D eigenvalue weighted by Gasteiger charge is -2.15. The summed E-state index contributed by atoms with van der Waals surface area (Å²) in [7, 11) is 1.61. The lowest BCUT2D eigenvalue weighted by molar-refractivity contribution is -0.121. The van der Waals surface area contributed by atoms with Gasteiger partial charge < -0.3 is 14.5 Å². The summed E-state index contributed by atoms with van der Waals surface area (Å²) in [6.07, 6.45) is 6.79. The van der Waals surface area contributed by atoms with Gasteiger partial charge >= 0.3 is 0 Å². The molecular weight excluding hydrogens is 372 g/mol. The highest BCUT2D eigenvalue weighted by Gasteiger charge is 2.29. The number of aromatic nitrogens is 1. The standard InChI is InChI=1S/C17H16N4O3S2/c1-3-23-11-6-4-10(5-7-11)19-15-12(9-18)20-14(24-15)8-13-16(22)21(2)17(25)26-13/h4,6,8,19H,3,5,7H2,1-2H3/b13-8+. The van der Waals surface area contributed by atoms with E-state index in [0.29, 0.717) is 15.8 Å². The zero-order chi connectivity index (χ0) is 18.7. The molecule has 0 saturated carbocycles. The van der Waals surface area contributed by atoms with Crippen molar-refractivity contribution >= 4 is 46.2 Å². The summed E-state index contributed by atoms with van der Waals surface area (Å²) >= 11 is 6.26. The average Bonchev–Trinajstić information content (AvgIpc) is 3.13. The number of amides is 1. The quantitative estimate of drug-likeness (QED) is 0.606. The number of nitrogens with zero attached hydrogens (tertiary/aromatic N) is 3. The molecule has 1 amide bonds. The van der Waals surface area contributed by atoms with Crippen LogP contribution in [0.3, 0.4) is 0 Å². The summed E-state index contributed by atoms with van der Waals surface area (Å²) in [5, 5.41) is 12.4. The molecule has 0 aromatic carbocycles. The minimum atomic E-state index is -0.213. The van der Waals surface area contributed by atoms with E-state index in [1.807, 2.05) is 25.1 Å². The van der Waals surface area contributed by atoms with E-state index in [9.17, 15) is 10.1 Å².